The first-order valence-corrected chi connectivity index (χ1v) is 7.81. The van der Waals surface area contributed by atoms with Crippen molar-refractivity contribution in [1.82, 2.24) is 0 Å². The normalized spacial score (nSPS) is 12.9. The molecule has 2 aromatic carbocycles. The fraction of sp³-hybridized carbons (Fsp3) is 0.200. The third-order valence-electron chi connectivity index (χ3n) is 3.23. The maximum Gasteiger partial charge on any atom is 0.127 e. The van der Waals surface area contributed by atoms with Crippen LogP contribution in [0.25, 0.3) is 0 Å². The molecule has 0 saturated heterocycles. The Kier molecular flexibility index (Phi) is 4.11. The predicted molar refractivity (Wildman–Crippen MR) is 87.1 cm³/mol. The number of hydrogen-bond acceptors (Lipinski definition) is 2. The minimum atomic E-state index is 0.629. The fourth-order valence-electron chi connectivity index (χ4n) is 2.30. The molecule has 0 amide bonds. The molecule has 2 aromatic rings. The van der Waals surface area contributed by atoms with E-state index in [1.165, 1.54) is 5.56 Å². The van der Waals surface area contributed by atoms with Crippen molar-refractivity contribution in [2.75, 3.05) is 11.9 Å². The molecule has 2 nitrogen and oxygen atoms in total. The first-order valence-electron chi connectivity index (χ1n) is 6.26. The Morgan fingerprint density at radius 1 is 1.20 bits per heavy atom. The number of nitrogens with one attached hydrogen (secondary N) is 1. The molecule has 0 aromatic heterocycles. The van der Waals surface area contributed by atoms with Crippen LogP contribution in [-0.4, -0.2) is 6.61 Å². The molecule has 0 spiro atoms. The van der Waals surface area contributed by atoms with Crippen LogP contribution < -0.4 is 10.1 Å². The highest BCUT2D eigenvalue weighted by Crippen LogP contribution is 2.34. The van der Waals surface area contributed by atoms with Gasteiger partial charge in [-0.1, -0.05) is 39.1 Å². The number of fused-ring (bicyclic) bond motifs is 1. The number of rotatable bonds is 3. The van der Waals surface area contributed by atoms with E-state index in [2.05, 4.69) is 21.2 Å². The van der Waals surface area contributed by atoms with Crippen molar-refractivity contribution in [3.63, 3.8) is 0 Å². The lowest BCUT2D eigenvalue weighted by Crippen LogP contribution is -2.02. The van der Waals surface area contributed by atoms with E-state index in [0.29, 0.717) is 11.6 Å². The second-order valence-electron chi connectivity index (χ2n) is 4.63. The number of hydrogen-bond donors (Lipinski definition) is 1. The van der Waals surface area contributed by atoms with Crippen LogP contribution in [0, 0.1) is 0 Å². The van der Waals surface area contributed by atoms with Crippen LogP contribution in [0.3, 0.4) is 0 Å². The van der Waals surface area contributed by atoms with Gasteiger partial charge in [-0.3, -0.25) is 0 Å². The molecule has 1 heterocycles. The van der Waals surface area contributed by atoms with Gasteiger partial charge >= 0.3 is 0 Å². The Morgan fingerprint density at radius 3 is 2.85 bits per heavy atom. The van der Waals surface area contributed by atoms with Crippen molar-refractivity contribution >= 4 is 44.8 Å². The zero-order chi connectivity index (χ0) is 14.1. The van der Waals surface area contributed by atoms with Crippen LogP contribution in [0.4, 0.5) is 5.69 Å². The topological polar surface area (TPSA) is 21.3 Å². The van der Waals surface area contributed by atoms with E-state index in [0.717, 1.165) is 39.5 Å². The first kappa shape index (κ1) is 14.1. The molecule has 1 aliphatic rings. The van der Waals surface area contributed by atoms with Crippen LogP contribution in [0.15, 0.2) is 34.8 Å². The van der Waals surface area contributed by atoms with E-state index in [1.54, 1.807) is 0 Å². The summed E-state index contributed by atoms with van der Waals surface area (Å²) in [6.07, 6.45) is 0.919. The molecule has 1 N–H and O–H groups in total. The molecule has 5 heteroatoms. The van der Waals surface area contributed by atoms with E-state index in [-0.39, 0.29) is 0 Å². The molecule has 0 atom stereocenters. The van der Waals surface area contributed by atoms with E-state index in [9.17, 15) is 0 Å². The number of halogens is 3. The smallest absolute Gasteiger partial charge is 0.127 e. The van der Waals surface area contributed by atoms with Gasteiger partial charge in [0.1, 0.15) is 5.75 Å². The summed E-state index contributed by atoms with van der Waals surface area (Å²) in [5, 5.41) is 4.75. The van der Waals surface area contributed by atoms with Gasteiger partial charge in [-0.25, -0.2) is 0 Å². The Balaban J connectivity index is 1.82. The van der Waals surface area contributed by atoms with Gasteiger partial charge in [0.25, 0.3) is 0 Å². The van der Waals surface area contributed by atoms with E-state index in [1.807, 2.05) is 30.3 Å². The summed E-state index contributed by atoms with van der Waals surface area (Å²) < 4.78 is 6.64. The van der Waals surface area contributed by atoms with Gasteiger partial charge < -0.3 is 10.1 Å². The Bertz CT molecular complexity index is 661. The monoisotopic (exact) mass is 371 g/mol. The maximum atomic E-state index is 6.19. The van der Waals surface area contributed by atoms with Crippen LogP contribution >= 0.6 is 39.1 Å². The Labute approximate surface area is 136 Å². The molecule has 1 aliphatic heterocycles. The highest BCUT2D eigenvalue weighted by Gasteiger charge is 2.17. The summed E-state index contributed by atoms with van der Waals surface area (Å²) in [5.41, 5.74) is 3.13. The summed E-state index contributed by atoms with van der Waals surface area (Å²) in [6.45, 7) is 1.35. The van der Waals surface area contributed by atoms with Gasteiger partial charge in [-0.2, -0.15) is 0 Å². The van der Waals surface area contributed by atoms with Crippen molar-refractivity contribution in [3.8, 4) is 5.75 Å². The second-order valence-corrected chi connectivity index (χ2v) is 6.39. The summed E-state index contributed by atoms with van der Waals surface area (Å²) >= 11 is 15.7. The molecular weight excluding hydrogens is 361 g/mol. The maximum absolute atomic E-state index is 6.19. The van der Waals surface area contributed by atoms with Crippen LogP contribution in [0.1, 0.15) is 11.1 Å². The summed E-state index contributed by atoms with van der Waals surface area (Å²) in [5.74, 6) is 0.954. The first-order chi connectivity index (χ1) is 9.63. The minimum Gasteiger partial charge on any atom is -0.493 e. The molecule has 3 rings (SSSR count). The third-order valence-corrected chi connectivity index (χ3v) is 4.25. The van der Waals surface area contributed by atoms with Crippen molar-refractivity contribution in [3.05, 3.63) is 56.0 Å². The van der Waals surface area contributed by atoms with Gasteiger partial charge in [-0.05, 0) is 35.9 Å². The molecule has 0 saturated carbocycles. The molecule has 0 radical (unpaired) electrons. The van der Waals surface area contributed by atoms with E-state index >= 15 is 0 Å². The van der Waals surface area contributed by atoms with Crippen molar-refractivity contribution in [2.45, 2.75) is 13.0 Å². The average Bonchev–Trinajstić information content (AvgIpc) is 2.85. The molecule has 20 heavy (non-hydrogen) atoms. The lowest BCUT2D eigenvalue weighted by Gasteiger charge is -2.12. The zero-order valence-corrected chi connectivity index (χ0v) is 13.6. The second kappa shape index (κ2) is 5.84. The minimum absolute atomic E-state index is 0.629. The Morgan fingerprint density at radius 2 is 2.05 bits per heavy atom. The highest BCUT2D eigenvalue weighted by molar-refractivity contribution is 9.10. The molecule has 0 unspecified atom stereocenters. The van der Waals surface area contributed by atoms with Gasteiger partial charge in [-0.15, -0.1) is 0 Å². The predicted octanol–water partition coefficient (Wildman–Crippen LogP) is 5.30. The van der Waals surface area contributed by atoms with Gasteiger partial charge in [0.05, 0.1) is 17.3 Å². The number of ether oxygens (including phenoxy) is 1. The number of benzene rings is 2. The molecule has 0 bridgehead atoms. The van der Waals surface area contributed by atoms with E-state index in [4.69, 9.17) is 27.9 Å². The van der Waals surface area contributed by atoms with Gasteiger partial charge in [0, 0.05) is 28.0 Å². The van der Waals surface area contributed by atoms with Gasteiger partial charge in [0.2, 0.25) is 0 Å². The SMILES string of the molecule is Clc1cc2c(c(CNc3ccc(Br)cc3Cl)c1)OCC2. The molecule has 0 fully saturated rings. The van der Waals surface area contributed by atoms with Crippen LogP contribution in [-0.2, 0) is 13.0 Å². The zero-order valence-electron chi connectivity index (χ0n) is 10.6. The largest absolute Gasteiger partial charge is 0.493 e. The molecular formula is C15H12BrCl2NO. The van der Waals surface area contributed by atoms with Crippen LogP contribution in [0.5, 0.6) is 5.75 Å². The lowest BCUT2D eigenvalue weighted by molar-refractivity contribution is 0.354. The van der Waals surface area contributed by atoms with Crippen molar-refractivity contribution in [2.24, 2.45) is 0 Å². The quantitative estimate of drug-likeness (QED) is 0.788. The standard InChI is InChI=1S/C15H12BrCl2NO/c16-11-1-2-14(13(18)7-11)19-8-10-6-12(17)5-9-3-4-20-15(9)10/h1-2,5-7,19H,3-4,8H2. The third kappa shape index (κ3) is 2.90. The summed E-state index contributed by atoms with van der Waals surface area (Å²) in [6, 6.07) is 9.67. The highest BCUT2D eigenvalue weighted by atomic mass is 79.9. The number of anilines is 1. The van der Waals surface area contributed by atoms with E-state index < -0.39 is 0 Å². The average molecular weight is 373 g/mol. The summed E-state index contributed by atoms with van der Waals surface area (Å²) in [4.78, 5) is 0. The van der Waals surface area contributed by atoms with Crippen molar-refractivity contribution < 1.29 is 4.74 Å². The fourth-order valence-corrected chi connectivity index (χ4v) is 3.30. The molecule has 0 aliphatic carbocycles. The van der Waals surface area contributed by atoms with Crippen LogP contribution in [0.2, 0.25) is 10.0 Å². The summed E-state index contributed by atoms with van der Waals surface area (Å²) in [7, 11) is 0. The van der Waals surface area contributed by atoms with Crippen molar-refractivity contribution in [1.29, 1.82) is 0 Å². The Hall–Kier alpha value is -0.900. The molecule has 104 valence electrons. The lowest BCUT2D eigenvalue weighted by atomic mass is 10.1. The van der Waals surface area contributed by atoms with Gasteiger partial charge in [0.15, 0.2) is 0 Å².